The highest BCUT2D eigenvalue weighted by Crippen LogP contribution is 2.29. The summed E-state index contributed by atoms with van der Waals surface area (Å²) in [6.45, 7) is 0. The molecular formula is C16H18N2O3. The van der Waals surface area contributed by atoms with E-state index in [1.807, 2.05) is 12.1 Å². The number of nitrogens with one attached hydrogen (secondary N) is 1. The van der Waals surface area contributed by atoms with Crippen LogP contribution in [-0.2, 0) is 16.0 Å². The Bertz CT molecular complexity index is 552. The van der Waals surface area contributed by atoms with Crippen LogP contribution in [0.3, 0.4) is 0 Å². The average molecular weight is 286 g/mol. The molecule has 2 rings (SSSR count). The molecule has 2 N–H and O–H groups in total. The third-order valence-corrected chi connectivity index (χ3v) is 3.95. The first-order chi connectivity index (χ1) is 10.1. The summed E-state index contributed by atoms with van der Waals surface area (Å²) in [5.41, 5.74) is 1.62. The molecule has 1 amide bonds. The van der Waals surface area contributed by atoms with E-state index < -0.39 is 5.97 Å². The van der Waals surface area contributed by atoms with Gasteiger partial charge in [0.05, 0.1) is 18.4 Å². The number of carboxylic acids is 1. The normalized spacial score (nSPS) is 21.3. The largest absolute Gasteiger partial charge is 0.481 e. The van der Waals surface area contributed by atoms with Crippen LogP contribution in [0.25, 0.3) is 0 Å². The molecule has 0 aliphatic heterocycles. The van der Waals surface area contributed by atoms with E-state index in [-0.39, 0.29) is 17.7 Å². The highest BCUT2D eigenvalue weighted by molar-refractivity contribution is 5.92. The standard InChI is InChI=1S/C16H18N2O3/c17-10-9-11-1-7-14(8-2-11)18-15(19)12-3-5-13(6-4-12)16(20)21/h1-2,7-8,12-13H,3-6,9H2,(H,18,19)(H,20,21). The number of hydrogen-bond acceptors (Lipinski definition) is 3. The van der Waals surface area contributed by atoms with Gasteiger partial charge >= 0.3 is 5.97 Å². The van der Waals surface area contributed by atoms with E-state index in [1.165, 1.54) is 0 Å². The van der Waals surface area contributed by atoms with Crippen molar-refractivity contribution in [2.45, 2.75) is 32.1 Å². The van der Waals surface area contributed by atoms with Crippen LogP contribution < -0.4 is 5.32 Å². The minimum absolute atomic E-state index is 0.0492. The van der Waals surface area contributed by atoms with Gasteiger partial charge in [-0.1, -0.05) is 12.1 Å². The van der Waals surface area contributed by atoms with Crippen molar-refractivity contribution in [2.75, 3.05) is 5.32 Å². The summed E-state index contributed by atoms with van der Waals surface area (Å²) in [5, 5.41) is 20.4. The van der Waals surface area contributed by atoms with E-state index in [2.05, 4.69) is 11.4 Å². The van der Waals surface area contributed by atoms with Crippen molar-refractivity contribution < 1.29 is 14.7 Å². The fourth-order valence-corrected chi connectivity index (χ4v) is 2.64. The quantitative estimate of drug-likeness (QED) is 0.890. The number of anilines is 1. The number of carbonyl (C=O) groups excluding carboxylic acids is 1. The lowest BCUT2D eigenvalue weighted by molar-refractivity contribution is -0.143. The maximum absolute atomic E-state index is 12.1. The molecule has 0 saturated heterocycles. The van der Waals surface area contributed by atoms with Crippen LogP contribution in [0.15, 0.2) is 24.3 Å². The van der Waals surface area contributed by atoms with Crippen LogP contribution >= 0.6 is 0 Å². The Balaban J connectivity index is 1.87. The number of carbonyl (C=O) groups is 2. The Morgan fingerprint density at radius 3 is 2.24 bits per heavy atom. The summed E-state index contributed by atoms with van der Waals surface area (Å²) in [5.74, 6) is -1.23. The number of aliphatic carboxylic acids is 1. The molecule has 1 fully saturated rings. The van der Waals surface area contributed by atoms with E-state index >= 15 is 0 Å². The molecule has 1 aliphatic carbocycles. The van der Waals surface area contributed by atoms with Gasteiger partial charge in [-0.2, -0.15) is 5.26 Å². The molecule has 0 aromatic heterocycles. The van der Waals surface area contributed by atoms with Gasteiger partial charge in [0.25, 0.3) is 0 Å². The molecule has 1 saturated carbocycles. The van der Waals surface area contributed by atoms with Gasteiger partial charge in [-0.05, 0) is 43.4 Å². The number of nitriles is 1. The smallest absolute Gasteiger partial charge is 0.306 e. The molecule has 0 radical (unpaired) electrons. The summed E-state index contributed by atoms with van der Waals surface area (Å²) < 4.78 is 0. The third kappa shape index (κ3) is 4.06. The highest BCUT2D eigenvalue weighted by atomic mass is 16.4. The molecule has 5 nitrogen and oxygen atoms in total. The molecule has 1 aromatic rings. The molecule has 110 valence electrons. The van der Waals surface area contributed by atoms with Gasteiger partial charge < -0.3 is 10.4 Å². The second-order valence-corrected chi connectivity index (χ2v) is 5.41. The van der Waals surface area contributed by atoms with E-state index in [9.17, 15) is 9.59 Å². The van der Waals surface area contributed by atoms with Gasteiger partial charge in [-0.15, -0.1) is 0 Å². The SMILES string of the molecule is N#CCc1ccc(NC(=O)C2CCC(C(=O)O)CC2)cc1. The fourth-order valence-electron chi connectivity index (χ4n) is 2.64. The lowest BCUT2D eigenvalue weighted by atomic mass is 9.81. The summed E-state index contributed by atoms with van der Waals surface area (Å²) in [4.78, 5) is 23.0. The van der Waals surface area contributed by atoms with Crippen molar-refractivity contribution in [3.63, 3.8) is 0 Å². The summed E-state index contributed by atoms with van der Waals surface area (Å²) in [6, 6.07) is 9.28. The Hall–Kier alpha value is -2.35. The molecule has 0 atom stereocenters. The number of benzene rings is 1. The van der Waals surface area contributed by atoms with Crippen LogP contribution in [0.4, 0.5) is 5.69 Å². The van der Waals surface area contributed by atoms with Crippen LogP contribution in [0.5, 0.6) is 0 Å². The third-order valence-electron chi connectivity index (χ3n) is 3.95. The first-order valence-corrected chi connectivity index (χ1v) is 7.09. The first kappa shape index (κ1) is 15.0. The highest BCUT2D eigenvalue weighted by Gasteiger charge is 2.29. The summed E-state index contributed by atoms with van der Waals surface area (Å²) >= 11 is 0. The Labute approximate surface area is 123 Å². The predicted molar refractivity (Wildman–Crippen MR) is 77.5 cm³/mol. The zero-order chi connectivity index (χ0) is 15.2. The lowest BCUT2D eigenvalue weighted by Gasteiger charge is -2.25. The lowest BCUT2D eigenvalue weighted by Crippen LogP contribution is -2.29. The van der Waals surface area contributed by atoms with E-state index in [0.29, 0.717) is 37.8 Å². The van der Waals surface area contributed by atoms with Crippen molar-refractivity contribution in [2.24, 2.45) is 11.8 Å². The van der Waals surface area contributed by atoms with Gasteiger partial charge in [0.2, 0.25) is 5.91 Å². The Morgan fingerprint density at radius 2 is 1.71 bits per heavy atom. The van der Waals surface area contributed by atoms with Gasteiger partial charge in [0.15, 0.2) is 0 Å². The van der Waals surface area contributed by atoms with Crippen molar-refractivity contribution in [1.82, 2.24) is 0 Å². The van der Waals surface area contributed by atoms with Crippen LogP contribution in [0.1, 0.15) is 31.2 Å². The van der Waals surface area contributed by atoms with E-state index in [4.69, 9.17) is 10.4 Å². The Kier molecular flexibility index (Phi) is 4.94. The number of amides is 1. The van der Waals surface area contributed by atoms with Crippen molar-refractivity contribution in [1.29, 1.82) is 5.26 Å². The maximum atomic E-state index is 12.1. The molecule has 21 heavy (non-hydrogen) atoms. The fraction of sp³-hybridized carbons (Fsp3) is 0.438. The zero-order valence-corrected chi connectivity index (χ0v) is 11.7. The van der Waals surface area contributed by atoms with Crippen molar-refractivity contribution >= 4 is 17.6 Å². The molecule has 0 heterocycles. The predicted octanol–water partition coefficient (Wildman–Crippen LogP) is 2.58. The van der Waals surface area contributed by atoms with Gasteiger partial charge in [0.1, 0.15) is 0 Å². The van der Waals surface area contributed by atoms with E-state index in [0.717, 1.165) is 5.56 Å². The minimum atomic E-state index is -0.762. The minimum Gasteiger partial charge on any atom is -0.481 e. The Morgan fingerprint density at radius 1 is 1.14 bits per heavy atom. The summed E-state index contributed by atoms with van der Waals surface area (Å²) in [7, 11) is 0. The van der Waals surface area contributed by atoms with Crippen LogP contribution in [0.2, 0.25) is 0 Å². The van der Waals surface area contributed by atoms with Gasteiger partial charge in [-0.25, -0.2) is 0 Å². The molecule has 0 unspecified atom stereocenters. The number of nitrogens with zero attached hydrogens (tertiary/aromatic N) is 1. The molecule has 5 heteroatoms. The molecule has 1 aromatic carbocycles. The van der Waals surface area contributed by atoms with Crippen LogP contribution in [0, 0.1) is 23.2 Å². The molecule has 0 spiro atoms. The zero-order valence-electron chi connectivity index (χ0n) is 11.7. The molecule has 0 bridgehead atoms. The van der Waals surface area contributed by atoms with E-state index in [1.54, 1.807) is 12.1 Å². The van der Waals surface area contributed by atoms with Crippen LogP contribution in [-0.4, -0.2) is 17.0 Å². The summed E-state index contributed by atoms with van der Waals surface area (Å²) in [6.07, 6.45) is 2.72. The number of rotatable bonds is 4. The van der Waals surface area contributed by atoms with Gasteiger partial charge in [0, 0.05) is 11.6 Å². The van der Waals surface area contributed by atoms with Gasteiger partial charge in [-0.3, -0.25) is 9.59 Å². The second-order valence-electron chi connectivity index (χ2n) is 5.41. The number of carboxylic acid groups (broad SMARTS) is 1. The first-order valence-electron chi connectivity index (χ1n) is 7.09. The molecular weight excluding hydrogens is 268 g/mol. The topological polar surface area (TPSA) is 90.2 Å². The second kappa shape index (κ2) is 6.89. The molecule has 1 aliphatic rings. The average Bonchev–Trinajstić information content (AvgIpc) is 2.49. The number of hydrogen-bond donors (Lipinski definition) is 2. The maximum Gasteiger partial charge on any atom is 0.306 e. The van der Waals surface area contributed by atoms with Crippen molar-refractivity contribution in [3.05, 3.63) is 29.8 Å². The monoisotopic (exact) mass is 286 g/mol. The van der Waals surface area contributed by atoms with Crippen molar-refractivity contribution in [3.8, 4) is 6.07 Å².